The van der Waals surface area contributed by atoms with Crippen molar-refractivity contribution in [3.8, 4) is 0 Å². The molecule has 0 aliphatic heterocycles. The first-order chi connectivity index (χ1) is 10.1. The number of aryl methyl sites for hydroxylation is 2. The van der Waals surface area contributed by atoms with Crippen LogP contribution in [0, 0.1) is 19.7 Å². The van der Waals surface area contributed by atoms with Crippen molar-refractivity contribution < 1.29 is 4.39 Å². The Labute approximate surface area is 131 Å². The average molecular weight is 290 g/mol. The van der Waals surface area contributed by atoms with Gasteiger partial charge in [-0.1, -0.05) is 56.9 Å². The molecule has 0 aromatic heterocycles. The van der Waals surface area contributed by atoms with Gasteiger partial charge in [-0.25, -0.2) is 4.39 Å². The standard InChI is InChI=1S/C13H17F.C5H8.C2H6/c1-4-5-6-7-12-8-10(2)11(3)13(14)9-12;1-3-5-4-2;1-2/h4-5,8-9H,6-7H2,1-3H3;3-5H,1H2,2H3;1-2H3/b5-4+;5-4-;. The molecule has 1 heteroatoms. The van der Waals surface area contributed by atoms with Crippen LogP contribution in [0.3, 0.4) is 0 Å². The van der Waals surface area contributed by atoms with Crippen LogP contribution in [0.25, 0.3) is 0 Å². The first kappa shape index (κ1) is 21.7. The molecule has 0 unspecified atom stereocenters. The predicted octanol–water partition coefficient (Wildman–Crippen LogP) is 6.73. The summed E-state index contributed by atoms with van der Waals surface area (Å²) in [6, 6.07) is 3.72. The molecule has 0 fully saturated rings. The molecule has 0 heterocycles. The zero-order valence-electron chi connectivity index (χ0n) is 14.5. The largest absolute Gasteiger partial charge is 0.207 e. The van der Waals surface area contributed by atoms with Crippen LogP contribution in [-0.2, 0) is 6.42 Å². The van der Waals surface area contributed by atoms with Crippen LogP contribution in [0.1, 0.15) is 50.8 Å². The molecule has 21 heavy (non-hydrogen) atoms. The maximum absolute atomic E-state index is 13.3. The summed E-state index contributed by atoms with van der Waals surface area (Å²) in [5.41, 5.74) is 2.89. The third-order valence-electron chi connectivity index (χ3n) is 2.83. The van der Waals surface area contributed by atoms with Gasteiger partial charge in [-0.05, 0) is 63.3 Å². The van der Waals surface area contributed by atoms with Gasteiger partial charge >= 0.3 is 0 Å². The van der Waals surface area contributed by atoms with E-state index in [9.17, 15) is 4.39 Å². The van der Waals surface area contributed by atoms with Crippen LogP contribution in [0.5, 0.6) is 0 Å². The summed E-state index contributed by atoms with van der Waals surface area (Å²) in [4.78, 5) is 0. The molecule has 0 saturated carbocycles. The summed E-state index contributed by atoms with van der Waals surface area (Å²) >= 11 is 0. The van der Waals surface area contributed by atoms with E-state index < -0.39 is 0 Å². The lowest BCUT2D eigenvalue weighted by atomic mass is 10.0. The highest BCUT2D eigenvalue weighted by molar-refractivity contribution is 5.31. The van der Waals surface area contributed by atoms with Crippen molar-refractivity contribution in [1.29, 1.82) is 0 Å². The fraction of sp³-hybridized carbons (Fsp3) is 0.400. The second kappa shape index (κ2) is 14.8. The highest BCUT2D eigenvalue weighted by atomic mass is 19.1. The molecule has 0 aliphatic carbocycles. The monoisotopic (exact) mass is 290 g/mol. The molecule has 1 aromatic carbocycles. The van der Waals surface area contributed by atoms with Crippen LogP contribution < -0.4 is 0 Å². The lowest BCUT2D eigenvalue weighted by Gasteiger charge is -2.05. The van der Waals surface area contributed by atoms with E-state index in [-0.39, 0.29) is 5.82 Å². The quantitative estimate of drug-likeness (QED) is 0.426. The normalized spacial score (nSPS) is 9.86. The number of benzene rings is 1. The molecule has 118 valence electrons. The molecule has 0 atom stereocenters. The highest BCUT2D eigenvalue weighted by Gasteiger charge is 2.02. The summed E-state index contributed by atoms with van der Waals surface area (Å²) in [6.45, 7) is 15.2. The summed E-state index contributed by atoms with van der Waals surface area (Å²) in [5.74, 6) is -0.0829. The fourth-order valence-electron chi connectivity index (χ4n) is 1.58. The summed E-state index contributed by atoms with van der Waals surface area (Å²) in [6.07, 6.45) is 11.6. The van der Waals surface area contributed by atoms with Gasteiger partial charge in [-0.15, -0.1) is 0 Å². The zero-order valence-corrected chi connectivity index (χ0v) is 14.5. The van der Waals surface area contributed by atoms with Crippen molar-refractivity contribution in [2.45, 2.75) is 54.4 Å². The second-order valence-electron chi connectivity index (χ2n) is 4.39. The zero-order chi connectivity index (χ0) is 16.7. The SMILES string of the molecule is C/C=C/CCc1cc(C)c(C)c(F)c1.C=C/C=C\C.CC. The Morgan fingerprint density at radius 1 is 1.10 bits per heavy atom. The van der Waals surface area contributed by atoms with Crippen molar-refractivity contribution in [3.05, 3.63) is 71.6 Å². The Morgan fingerprint density at radius 2 is 1.71 bits per heavy atom. The van der Waals surface area contributed by atoms with Gasteiger partial charge in [0.25, 0.3) is 0 Å². The van der Waals surface area contributed by atoms with Crippen molar-refractivity contribution in [1.82, 2.24) is 0 Å². The van der Waals surface area contributed by atoms with E-state index in [2.05, 4.69) is 18.7 Å². The summed E-state index contributed by atoms with van der Waals surface area (Å²) in [5, 5.41) is 0. The van der Waals surface area contributed by atoms with Gasteiger partial charge in [-0.2, -0.15) is 0 Å². The Bertz CT molecular complexity index is 416. The Kier molecular flexibility index (Phi) is 15.2. The molecule has 0 saturated heterocycles. The molecule has 0 N–H and O–H groups in total. The lowest BCUT2D eigenvalue weighted by Crippen LogP contribution is -1.92. The Balaban J connectivity index is 0. The molecule has 1 aromatic rings. The van der Waals surface area contributed by atoms with Gasteiger partial charge < -0.3 is 0 Å². The maximum Gasteiger partial charge on any atom is 0.126 e. The first-order valence-corrected chi connectivity index (χ1v) is 7.67. The minimum atomic E-state index is -0.0829. The number of halogens is 1. The molecule has 1 rings (SSSR count). The number of hydrogen-bond donors (Lipinski definition) is 0. The van der Waals surface area contributed by atoms with Crippen molar-refractivity contribution in [2.24, 2.45) is 0 Å². The fourth-order valence-corrected chi connectivity index (χ4v) is 1.58. The first-order valence-electron chi connectivity index (χ1n) is 7.67. The number of rotatable bonds is 4. The molecule has 0 amide bonds. The predicted molar refractivity (Wildman–Crippen MR) is 95.4 cm³/mol. The van der Waals surface area contributed by atoms with Crippen LogP contribution in [0.15, 0.2) is 49.1 Å². The van der Waals surface area contributed by atoms with Crippen molar-refractivity contribution in [2.75, 3.05) is 0 Å². The third-order valence-corrected chi connectivity index (χ3v) is 2.83. The molecule has 0 spiro atoms. The van der Waals surface area contributed by atoms with Crippen LogP contribution in [0.4, 0.5) is 4.39 Å². The van der Waals surface area contributed by atoms with Gasteiger partial charge in [0.15, 0.2) is 0 Å². The van der Waals surface area contributed by atoms with E-state index in [4.69, 9.17) is 0 Å². The van der Waals surface area contributed by atoms with Gasteiger partial charge in [0, 0.05) is 0 Å². The van der Waals surface area contributed by atoms with Gasteiger partial charge in [0.05, 0.1) is 0 Å². The Hall–Kier alpha value is -1.63. The topological polar surface area (TPSA) is 0 Å². The second-order valence-corrected chi connectivity index (χ2v) is 4.39. The van der Waals surface area contributed by atoms with Gasteiger partial charge in [-0.3, -0.25) is 0 Å². The van der Waals surface area contributed by atoms with Gasteiger partial charge in [0.1, 0.15) is 5.82 Å². The Morgan fingerprint density at radius 3 is 2.10 bits per heavy atom. The van der Waals surface area contributed by atoms with E-state index in [1.54, 1.807) is 12.1 Å². The van der Waals surface area contributed by atoms with E-state index in [1.165, 1.54) is 0 Å². The summed E-state index contributed by atoms with van der Waals surface area (Å²) < 4.78 is 13.3. The van der Waals surface area contributed by atoms with Crippen LogP contribution >= 0.6 is 0 Å². The van der Waals surface area contributed by atoms with Crippen molar-refractivity contribution in [3.63, 3.8) is 0 Å². The molecular weight excluding hydrogens is 259 g/mol. The lowest BCUT2D eigenvalue weighted by molar-refractivity contribution is 0.614. The molecule has 0 aliphatic rings. The smallest absolute Gasteiger partial charge is 0.126 e. The van der Waals surface area contributed by atoms with Gasteiger partial charge in [0.2, 0.25) is 0 Å². The molecule has 0 bridgehead atoms. The average Bonchev–Trinajstić information content (AvgIpc) is 2.48. The third kappa shape index (κ3) is 10.8. The number of hydrogen-bond acceptors (Lipinski definition) is 0. The highest BCUT2D eigenvalue weighted by Crippen LogP contribution is 2.15. The molecule has 0 nitrogen and oxygen atoms in total. The minimum absolute atomic E-state index is 0.0829. The molecular formula is C20H31F. The van der Waals surface area contributed by atoms with E-state index in [0.29, 0.717) is 0 Å². The van der Waals surface area contributed by atoms with Crippen molar-refractivity contribution >= 4 is 0 Å². The minimum Gasteiger partial charge on any atom is -0.207 e. The summed E-state index contributed by atoms with van der Waals surface area (Å²) in [7, 11) is 0. The molecule has 0 radical (unpaired) electrons. The van der Waals surface area contributed by atoms with Crippen LogP contribution in [0.2, 0.25) is 0 Å². The van der Waals surface area contributed by atoms with E-state index in [0.717, 1.165) is 29.5 Å². The maximum atomic E-state index is 13.3. The van der Waals surface area contributed by atoms with E-state index in [1.807, 2.05) is 59.8 Å². The number of allylic oxidation sites excluding steroid dienone is 5. The van der Waals surface area contributed by atoms with E-state index >= 15 is 0 Å². The van der Waals surface area contributed by atoms with Crippen LogP contribution in [-0.4, -0.2) is 0 Å².